The molecule has 9 nitrogen and oxygen atoms in total. The largest absolute Gasteiger partial charge is 0.479 e. The molecule has 1 saturated heterocycles. The van der Waals surface area contributed by atoms with Gasteiger partial charge in [0.25, 0.3) is 0 Å². The Morgan fingerprint density at radius 1 is 1.45 bits per heavy atom. The van der Waals surface area contributed by atoms with E-state index in [-0.39, 0.29) is 18.4 Å². The number of rotatable bonds is 3. The first-order valence-corrected chi connectivity index (χ1v) is 6.92. The van der Waals surface area contributed by atoms with E-state index >= 15 is 0 Å². The minimum atomic E-state index is -1.17. The third-order valence-electron chi connectivity index (χ3n) is 3.83. The van der Waals surface area contributed by atoms with Crippen LogP contribution in [-0.2, 0) is 4.74 Å². The monoisotopic (exact) mass is 309 g/mol. The molecule has 3 atom stereocenters. The van der Waals surface area contributed by atoms with Crippen molar-refractivity contribution in [1.29, 1.82) is 0 Å². The lowest BCUT2D eigenvalue weighted by molar-refractivity contribution is -0.0863. The predicted octanol–water partition coefficient (Wildman–Crippen LogP) is -0.244. The third-order valence-corrected chi connectivity index (χ3v) is 3.83. The number of methoxy groups -OCH3 is 1. The van der Waals surface area contributed by atoms with Gasteiger partial charge in [0, 0.05) is 6.42 Å². The van der Waals surface area contributed by atoms with E-state index in [1.807, 2.05) is 0 Å². The molecule has 3 unspecified atom stereocenters. The minimum absolute atomic E-state index is 0.0434. The predicted molar refractivity (Wildman–Crippen MR) is 77.3 cm³/mol. The molecular weight excluding hydrogens is 290 g/mol. The lowest BCUT2D eigenvalue weighted by atomic mass is 10.0. The molecule has 2 aromatic heterocycles. The van der Waals surface area contributed by atoms with Crippen molar-refractivity contribution in [3.05, 3.63) is 5.82 Å². The number of fused-ring (bicyclic) bond motifs is 1. The van der Waals surface area contributed by atoms with E-state index in [2.05, 4.69) is 15.0 Å². The summed E-state index contributed by atoms with van der Waals surface area (Å²) in [5.74, 6) is 0.889. The van der Waals surface area contributed by atoms with Crippen molar-refractivity contribution in [2.75, 3.05) is 19.5 Å². The first-order chi connectivity index (χ1) is 10.4. The lowest BCUT2D eigenvalue weighted by Crippen LogP contribution is -2.32. The Labute approximate surface area is 126 Å². The normalized spacial score (nSPS) is 28.4. The van der Waals surface area contributed by atoms with Crippen LogP contribution < -0.4 is 10.5 Å². The Bertz CT molecular complexity index is 714. The molecule has 0 amide bonds. The summed E-state index contributed by atoms with van der Waals surface area (Å²) in [5, 5.41) is 19.9. The van der Waals surface area contributed by atoms with Gasteiger partial charge in [-0.25, -0.2) is 4.98 Å². The zero-order valence-electron chi connectivity index (χ0n) is 12.6. The standard InChI is InChI=1S/C13H19N5O4/c1-6-15-8-9(16-12(14)17-10(8)21-3)18(6)11-13(2,20)4-7(5-19)22-11/h7,11,19-20H,4-5H2,1-3H3,(H2,14,16,17). The maximum absolute atomic E-state index is 10.6. The number of ether oxygens (including phenoxy) is 2. The molecule has 0 aliphatic carbocycles. The second-order valence-electron chi connectivity index (χ2n) is 5.65. The Kier molecular flexibility index (Phi) is 3.42. The summed E-state index contributed by atoms with van der Waals surface area (Å²) >= 11 is 0. The topological polar surface area (TPSA) is 129 Å². The van der Waals surface area contributed by atoms with Crippen molar-refractivity contribution in [2.24, 2.45) is 0 Å². The Hall–Kier alpha value is -1.97. The van der Waals surface area contributed by atoms with Crippen molar-refractivity contribution in [2.45, 2.75) is 38.2 Å². The molecule has 9 heteroatoms. The number of nitrogens with zero attached hydrogens (tertiary/aromatic N) is 4. The lowest BCUT2D eigenvalue weighted by Gasteiger charge is -2.26. The Morgan fingerprint density at radius 2 is 2.18 bits per heavy atom. The highest BCUT2D eigenvalue weighted by Gasteiger charge is 2.46. The van der Waals surface area contributed by atoms with Crippen LogP contribution in [0.25, 0.3) is 11.2 Å². The van der Waals surface area contributed by atoms with E-state index in [9.17, 15) is 10.2 Å². The van der Waals surface area contributed by atoms with Crippen LogP contribution in [0.4, 0.5) is 5.95 Å². The molecule has 0 spiro atoms. The summed E-state index contributed by atoms with van der Waals surface area (Å²) in [4.78, 5) is 12.6. The molecular formula is C13H19N5O4. The molecule has 1 fully saturated rings. The summed E-state index contributed by atoms with van der Waals surface area (Å²) in [6.45, 7) is 3.25. The Balaban J connectivity index is 2.19. The number of imidazole rings is 1. The van der Waals surface area contributed by atoms with Crippen LogP contribution in [0.5, 0.6) is 5.88 Å². The molecule has 3 heterocycles. The zero-order chi connectivity index (χ0) is 16.1. The van der Waals surface area contributed by atoms with E-state index in [0.717, 1.165) is 0 Å². The quantitative estimate of drug-likeness (QED) is 0.708. The van der Waals surface area contributed by atoms with E-state index < -0.39 is 17.9 Å². The molecule has 2 aromatic rings. The number of aliphatic hydroxyl groups is 2. The van der Waals surface area contributed by atoms with Crippen LogP contribution in [0.3, 0.4) is 0 Å². The van der Waals surface area contributed by atoms with Crippen LogP contribution in [0.15, 0.2) is 0 Å². The van der Waals surface area contributed by atoms with Gasteiger partial charge in [-0.1, -0.05) is 0 Å². The molecule has 0 saturated carbocycles. The number of aromatic nitrogens is 4. The van der Waals surface area contributed by atoms with Crippen LogP contribution >= 0.6 is 0 Å². The molecule has 1 aliphatic heterocycles. The van der Waals surface area contributed by atoms with Gasteiger partial charge in [-0.3, -0.25) is 4.57 Å². The molecule has 0 radical (unpaired) electrons. The van der Waals surface area contributed by atoms with Gasteiger partial charge in [-0.15, -0.1) is 0 Å². The highest BCUT2D eigenvalue weighted by atomic mass is 16.5. The molecule has 0 bridgehead atoms. The smallest absolute Gasteiger partial charge is 0.246 e. The first kappa shape index (κ1) is 14.9. The molecule has 1 aliphatic rings. The molecule has 22 heavy (non-hydrogen) atoms. The third kappa shape index (κ3) is 2.18. The fourth-order valence-electron chi connectivity index (χ4n) is 2.88. The van der Waals surface area contributed by atoms with Crippen molar-refractivity contribution in [3.63, 3.8) is 0 Å². The van der Waals surface area contributed by atoms with Gasteiger partial charge < -0.3 is 25.4 Å². The second-order valence-corrected chi connectivity index (χ2v) is 5.65. The van der Waals surface area contributed by atoms with E-state index in [4.69, 9.17) is 15.2 Å². The first-order valence-electron chi connectivity index (χ1n) is 6.92. The zero-order valence-corrected chi connectivity index (χ0v) is 12.6. The average molecular weight is 309 g/mol. The minimum Gasteiger partial charge on any atom is -0.479 e. The van der Waals surface area contributed by atoms with Crippen LogP contribution in [0, 0.1) is 6.92 Å². The Morgan fingerprint density at radius 3 is 2.77 bits per heavy atom. The number of hydrogen-bond acceptors (Lipinski definition) is 8. The molecule has 4 N–H and O–H groups in total. The number of hydrogen-bond donors (Lipinski definition) is 3. The highest BCUT2D eigenvalue weighted by molar-refractivity contribution is 5.78. The van der Waals surface area contributed by atoms with E-state index in [0.29, 0.717) is 23.4 Å². The number of nitrogens with two attached hydrogens (primary N) is 1. The van der Waals surface area contributed by atoms with Crippen molar-refractivity contribution in [3.8, 4) is 5.88 Å². The van der Waals surface area contributed by atoms with Gasteiger partial charge in [0.05, 0.1) is 19.8 Å². The maximum atomic E-state index is 10.6. The van der Waals surface area contributed by atoms with Gasteiger partial charge in [0.2, 0.25) is 11.8 Å². The van der Waals surface area contributed by atoms with E-state index in [1.165, 1.54) is 7.11 Å². The summed E-state index contributed by atoms with van der Waals surface area (Å²) in [6.07, 6.45) is -0.864. The highest BCUT2D eigenvalue weighted by Crippen LogP contribution is 2.40. The van der Waals surface area contributed by atoms with Crippen LogP contribution in [0.1, 0.15) is 25.4 Å². The van der Waals surface area contributed by atoms with Crippen LogP contribution in [0.2, 0.25) is 0 Å². The number of nitrogen functional groups attached to an aromatic ring is 1. The number of aliphatic hydroxyl groups excluding tert-OH is 1. The molecule has 0 aromatic carbocycles. The van der Waals surface area contributed by atoms with Gasteiger partial charge in [0.1, 0.15) is 11.4 Å². The van der Waals surface area contributed by atoms with E-state index in [1.54, 1.807) is 18.4 Å². The second kappa shape index (κ2) is 5.04. The van der Waals surface area contributed by atoms with Gasteiger partial charge in [0.15, 0.2) is 17.4 Å². The summed E-state index contributed by atoms with van der Waals surface area (Å²) in [6, 6.07) is 0. The fraction of sp³-hybridized carbons (Fsp3) is 0.615. The number of aryl methyl sites for hydroxylation is 1. The summed E-state index contributed by atoms with van der Waals surface area (Å²) in [7, 11) is 1.47. The SMILES string of the molecule is COc1nc(N)nc2c1nc(C)n2C1OC(CO)CC1(C)O. The van der Waals surface area contributed by atoms with Crippen molar-refractivity contribution >= 4 is 17.1 Å². The molecule has 3 rings (SSSR count). The van der Waals surface area contributed by atoms with Crippen molar-refractivity contribution < 1.29 is 19.7 Å². The van der Waals surface area contributed by atoms with Gasteiger partial charge in [-0.05, 0) is 13.8 Å². The van der Waals surface area contributed by atoms with Gasteiger partial charge >= 0.3 is 0 Å². The summed E-state index contributed by atoms with van der Waals surface area (Å²) < 4.78 is 12.6. The van der Waals surface area contributed by atoms with Gasteiger partial charge in [-0.2, -0.15) is 9.97 Å². The molecule has 120 valence electrons. The fourth-order valence-corrected chi connectivity index (χ4v) is 2.88. The number of anilines is 1. The summed E-state index contributed by atoms with van der Waals surface area (Å²) in [5.41, 5.74) is 5.41. The maximum Gasteiger partial charge on any atom is 0.246 e. The van der Waals surface area contributed by atoms with Crippen molar-refractivity contribution in [1.82, 2.24) is 19.5 Å². The van der Waals surface area contributed by atoms with Crippen LogP contribution in [-0.4, -0.2) is 55.2 Å². The average Bonchev–Trinajstić information content (AvgIpc) is 2.93.